The predicted molar refractivity (Wildman–Crippen MR) is 58.8 cm³/mol. The van der Waals surface area contributed by atoms with E-state index in [1.54, 1.807) is 0 Å². The highest BCUT2D eigenvalue weighted by atomic mass is 16.5. The second-order valence-corrected chi connectivity index (χ2v) is 4.10. The normalized spacial score (nSPS) is 21.2. The van der Waals surface area contributed by atoms with Crippen LogP contribution in [0.3, 0.4) is 0 Å². The average molecular weight is 225 g/mol. The lowest BCUT2D eigenvalue weighted by atomic mass is 10.1. The summed E-state index contributed by atoms with van der Waals surface area (Å²) >= 11 is 0. The Morgan fingerprint density at radius 1 is 1.50 bits per heavy atom. The lowest BCUT2D eigenvalue weighted by molar-refractivity contribution is 0.114. The van der Waals surface area contributed by atoms with Gasteiger partial charge in [0, 0.05) is 6.61 Å². The molecule has 0 saturated carbocycles. The largest absolute Gasteiger partial charge is 0.373 e. The summed E-state index contributed by atoms with van der Waals surface area (Å²) in [5.41, 5.74) is 0. The average Bonchev–Trinajstić information content (AvgIpc) is 2.79. The molecule has 0 radical (unpaired) electrons. The molecule has 1 aromatic rings. The van der Waals surface area contributed by atoms with E-state index in [9.17, 15) is 0 Å². The fourth-order valence-electron chi connectivity index (χ4n) is 1.84. The molecular weight excluding hydrogens is 206 g/mol. The Hall–Kier alpha value is -0.940. The van der Waals surface area contributed by atoms with Gasteiger partial charge in [-0.3, -0.25) is 0 Å². The van der Waals surface area contributed by atoms with Crippen molar-refractivity contribution in [2.75, 3.05) is 13.2 Å². The molecule has 1 saturated heterocycles. The zero-order valence-electron chi connectivity index (χ0n) is 9.74. The Bertz CT molecular complexity index is 308. The van der Waals surface area contributed by atoms with Crippen molar-refractivity contribution in [1.29, 1.82) is 0 Å². The molecule has 1 aromatic heterocycles. The van der Waals surface area contributed by atoms with Crippen LogP contribution < -0.4 is 5.32 Å². The van der Waals surface area contributed by atoms with Crippen molar-refractivity contribution in [3.05, 3.63) is 11.7 Å². The Morgan fingerprint density at radius 2 is 2.44 bits per heavy atom. The van der Waals surface area contributed by atoms with Crippen molar-refractivity contribution in [2.24, 2.45) is 0 Å². The van der Waals surface area contributed by atoms with Crippen molar-refractivity contribution >= 4 is 0 Å². The minimum atomic E-state index is 0.237. The molecule has 0 unspecified atom stereocenters. The maximum Gasteiger partial charge on any atom is 0.243 e. The maximum atomic E-state index is 5.36. The molecule has 0 bridgehead atoms. The molecule has 1 fully saturated rings. The number of piperidine rings is 1. The van der Waals surface area contributed by atoms with Crippen LogP contribution in [0.4, 0.5) is 0 Å². The third-order valence-electron chi connectivity index (χ3n) is 2.67. The molecule has 1 aliphatic heterocycles. The van der Waals surface area contributed by atoms with E-state index in [1.807, 2.05) is 0 Å². The number of aromatic nitrogens is 2. The first-order chi connectivity index (χ1) is 7.90. The summed E-state index contributed by atoms with van der Waals surface area (Å²) in [6.07, 6.45) is 4.55. The molecule has 16 heavy (non-hydrogen) atoms. The second-order valence-electron chi connectivity index (χ2n) is 4.10. The van der Waals surface area contributed by atoms with Crippen LogP contribution in [0, 0.1) is 0 Å². The van der Waals surface area contributed by atoms with Gasteiger partial charge in [-0.1, -0.05) is 18.5 Å². The molecule has 1 aliphatic rings. The first kappa shape index (κ1) is 11.5. The third kappa shape index (κ3) is 3.02. The molecule has 90 valence electrons. The van der Waals surface area contributed by atoms with E-state index < -0.39 is 0 Å². The number of nitrogens with one attached hydrogen (secondary N) is 1. The second kappa shape index (κ2) is 5.96. The van der Waals surface area contributed by atoms with E-state index in [0.29, 0.717) is 18.3 Å². The number of ether oxygens (including phenoxy) is 1. The van der Waals surface area contributed by atoms with Gasteiger partial charge in [0.25, 0.3) is 0 Å². The highest BCUT2D eigenvalue weighted by Crippen LogP contribution is 2.21. The highest BCUT2D eigenvalue weighted by molar-refractivity contribution is 4.93. The molecule has 0 aliphatic carbocycles. The van der Waals surface area contributed by atoms with Crippen molar-refractivity contribution in [1.82, 2.24) is 15.5 Å². The first-order valence-corrected chi connectivity index (χ1v) is 6.03. The van der Waals surface area contributed by atoms with E-state index in [4.69, 9.17) is 9.26 Å². The van der Waals surface area contributed by atoms with Gasteiger partial charge < -0.3 is 14.6 Å². The van der Waals surface area contributed by atoms with E-state index in [0.717, 1.165) is 26.0 Å². The van der Waals surface area contributed by atoms with Crippen LogP contribution in [0.2, 0.25) is 0 Å². The van der Waals surface area contributed by atoms with Crippen molar-refractivity contribution in [3.63, 3.8) is 0 Å². The molecule has 1 N–H and O–H groups in total. The quantitative estimate of drug-likeness (QED) is 0.774. The van der Waals surface area contributed by atoms with Crippen molar-refractivity contribution in [2.45, 2.75) is 45.3 Å². The summed E-state index contributed by atoms with van der Waals surface area (Å²) < 4.78 is 10.6. The van der Waals surface area contributed by atoms with Crippen LogP contribution >= 0.6 is 0 Å². The van der Waals surface area contributed by atoms with Crippen LogP contribution in [0.5, 0.6) is 0 Å². The van der Waals surface area contributed by atoms with Gasteiger partial charge in [0.1, 0.15) is 6.61 Å². The van der Waals surface area contributed by atoms with Crippen LogP contribution in [0.25, 0.3) is 0 Å². The Labute approximate surface area is 95.6 Å². The van der Waals surface area contributed by atoms with Crippen molar-refractivity contribution in [3.8, 4) is 0 Å². The van der Waals surface area contributed by atoms with Gasteiger partial charge in [0.2, 0.25) is 5.89 Å². The smallest absolute Gasteiger partial charge is 0.243 e. The Balaban J connectivity index is 1.85. The Morgan fingerprint density at radius 3 is 3.19 bits per heavy atom. The lowest BCUT2D eigenvalue weighted by Gasteiger charge is -2.19. The highest BCUT2D eigenvalue weighted by Gasteiger charge is 2.20. The van der Waals surface area contributed by atoms with Crippen molar-refractivity contribution < 1.29 is 9.26 Å². The molecular formula is C11H19N3O2. The van der Waals surface area contributed by atoms with Crippen LogP contribution in [-0.4, -0.2) is 23.3 Å². The molecule has 5 nitrogen and oxygen atoms in total. The van der Waals surface area contributed by atoms with Gasteiger partial charge in [-0.15, -0.1) is 0 Å². The number of hydrogen-bond acceptors (Lipinski definition) is 5. The summed E-state index contributed by atoms with van der Waals surface area (Å²) in [6.45, 7) is 4.30. The summed E-state index contributed by atoms with van der Waals surface area (Å²) in [6, 6.07) is 0.237. The molecule has 0 amide bonds. The van der Waals surface area contributed by atoms with Gasteiger partial charge in [0.05, 0.1) is 6.04 Å². The molecule has 5 heteroatoms. The van der Waals surface area contributed by atoms with Gasteiger partial charge in [-0.25, -0.2) is 0 Å². The van der Waals surface area contributed by atoms with E-state index in [2.05, 4.69) is 22.4 Å². The predicted octanol–water partition coefficient (Wildman–Crippen LogP) is 1.81. The van der Waals surface area contributed by atoms with Gasteiger partial charge in [0.15, 0.2) is 5.82 Å². The van der Waals surface area contributed by atoms with E-state index >= 15 is 0 Å². The fourth-order valence-corrected chi connectivity index (χ4v) is 1.84. The summed E-state index contributed by atoms with van der Waals surface area (Å²) in [5, 5.41) is 7.29. The first-order valence-electron chi connectivity index (χ1n) is 6.03. The van der Waals surface area contributed by atoms with Crippen LogP contribution in [0.15, 0.2) is 4.52 Å². The molecule has 2 heterocycles. The topological polar surface area (TPSA) is 60.2 Å². The zero-order valence-corrected chi connectivity index (χ0v) is 9.74. The molecule has 2 rings (SSSR count). The van der Waals surface area contributed by atoms with Gasteiger partial charge in [-0.05, 0) is 25.8 Å². The summed E-state index contributed by atoms with van der Waals surface area (Å²) in [5.74, 6) is 1.35. The van der Waals surface area contributed by atoms with Crippen LogP contribution in [-0.2, 0) is 11.3 Å². The minimum Gasteiger partial charge on any atom is -0.373 e. The molecule has 1 atom stereocenters. The molecule has 0 aromatic carbocycles. The third-order valence-corrected chi connectivity index (χ3v) is 2.67. The Kier molecular flexibility index (Phi) is 4.30. The minimum absolute atomic E-state index is 0.237. The summed E-state index contributed by atoms with van der Waals surface area (Å²) in [4.78, 5) is 4.34. The monoisotopic (exact) mass is 225 g/mol. The van der Waals surface area contributed by atoms with Gasteiger partial charge in [-0.2, -0.15) is 4.98 Å². The van der Waals surface area contributed by atoms with E-state index in [1.165, 1.54) is 12.8 Å². The maximum absolute atomic E-state index is 5.36. The standard InChI is InChI=1S/C11H19N3O2/c1-2-7-15-8-10-13-11(16-14-10)9-5-3-4-6-12-9/h9,12H,2-8H2,1H3/t9-/m1/s1. The SMILES string of the molecule is CCCOCc1noc([C@H]2CCCCN2)n1. The number of nitrogens with zero attached hydrogens (tertiary/aromatic N) is 2. The lowest BCUT2D eigenvalue weighted by Crippen LogP contribution is -2.27. The zero-order chi connectivity index (χ0) is 11.2. The van der Waals surface area contributed by atoms with Gasteiger partial charge >= 0.3 is 0 Å². The fraction of sp³-hybridized carbons (Fsp3) is 0.818. The van der Waals surface area contributed by atoms with Crippen LogP contribution in [0.1, 0.15) is 50.4 Å². The number of hydrogen-bond donors (Lipinski definition) is 1. The number of rotatable bonds is 5. The summed E-state index contributed by atoms with van der Waals surface area (Å²) in [7, 11) is 0. The van der Waals surface area contributed by atoms with E-state index in [-0.39, 0.29) is 6.04 Å². The molecule has 0 spiro atoms.